The summed E-state index contributed by atoms with van der Waals surface area (Å²) in [5, 5.41) is 12.5. The number of aromatic nitrogens is 4. The first kappa shape index (κ1) is 18.8. The van der Waals surface area contributed by atoms with Gasteiger partial charge in [-0.15, -0.1) is 5.10 Å². The number of carbonyl (C=O) groups excluding carboxylic acids is 1. The molecule has 0 radical (unpaired) electrons. The molecule has 0 saturated heterocycles. The zero-order valence-corrected chi connectivity index (χ0v) is 15.9. The average Bonchev–Trinajstić information content (AvgIpc) is 3.00. The maximum Gasteiger partial charge on any atom is 0.348 e. The van der Waals surface area contributed by atoms with Crippen LogP contribution in [0.25, 0.3) is 16.7 Å². The van der Waals surface area contributed by atoms with Crippen molar-refractivity contribution in [3.63, 3.8) is 0 Å². The van der Waals surface area contributed by atoms with Crippen molar-refractivity contribution in [3.8, 4) is 0 Å². The molecule has 9 heteroatoms. The Morgan fingerprint density at radius 1 is 1.30 bits per heavy atom. The van der Waals surface area contributed by atoms with Crippen LogP contribution in [0.3, 0.4) is 0 Å². The van der Waals surface area contributed by atoms with E-state index >= 15 is 0 Å². The van der Waals surface area contributed by atoms with Gasteiger partial charge in [0.15, 0.2) is 5.82 Å². The van der Waals surface area contributed by atoms with Gasteiger partial charge in [0.1, 0.15) is 0 Å². The Hall–Kier alpha value is -2.94. The second kappa shape index (κ2) is 7.75. The highest BCUT2D eigenvalue weighted by Gasteiger charge is 2.15. The highest BCUT2D eigenvalue weighted by atomic mass is 16.5. The van der Waals surface area contributed by atoms with Crippen LogP contribution in [0.4, 0.5) is 5.82 Å². The number of carbonyl (C=O) groups is 1. The van der Waals surface area contributed by atoms with E-state index in [1.165, 1.54) is 4.40 Å². The molecule has 1 aromatic carbocycles. The topological polar surface area (TPSA) is 113 Å². The van der Waals surface area contributed by atoms with E-state index in [0.717, 1.165) is 0 Å². The highest BCUT2D eigenvalue weighted by Crippen LogP contribution is 2.20. The summed E-state index contributed by atoms with van der Waals surface area (Å²) >= 11 is 0. The Kier molecular flexibility index (Phi) is 5.41. The van der Waals surface area contributed by atoms with Crippen LogP contribution in [0.2, 0.25) is 0 Å². The molecule has 3 N–H and O–H groups in total. The van der Waals surface area contributed by atoms with E-state index < -0.39 is 0 Å². The third-order valence-corrected chi connectivity index (χ3v) is 3.86. The molecule has 0 aliphatic carbocycles. The van der Waals surface area contributed by atoms with Crippen molar-refractivity contribution in [1.29, 1.82) is 0 Å². The standard InChI is InChI=1S/C18H24N6O3/c1-10(2)20-15-16-22-23-18(26)24(16)14-9-12(5-6-13(14)21-15)17(25)19-7-8-27-11(3)4/h5-6,9-11H,7-8H2,1-4H3,(H,19,25)(H,20,21)(H,23,26). The summed E-state index contributed by atoms with van der Waals surface area (Å²) in [5.74, 6) is 0.275. The van der Waals surface area contributed by atoms with Gasteiger partial charge in [-0.25, -0.2) is 19.3 Å². The monoisotopic (exact) mass is 372 g/mol. The second-order valence-corrected chi connectivity index (χ2v) is 6.83. The van der Waals surface area contributed by atoms with Crippen LogP contribution in [0.1, 0.15) is 38.1 Å². The normalized spacial score (nSPS) is 11.6. The van der Waals surface area contributed by atoms with Crippen LogP contribution in [-0.2, 0) is 4.74 Å². The molecule has 0 atom stereocenters. The Labute approximate surface area is 156 Å². The molecule has 2 heterocycles. The summed E-state index contributed by atoms with van der Waals surface area (Å²) in [4.78, 5) is 29.2. The van der Waals surface area contributed by atoms with Gasteiger partial charge in [0.05, 0.1) is 23.7 Å². The Morgan fingerprint density at radius 3 is 2.78 bits per heavy atom. The van der Waals surface area contributed by atoms with E-state index in [1.54, 1.807) is 18.2 Å². The van der Waals surface area contributed by atoms with Gasteiger partial charge in [-0.1, -0.05) is 0 Å². The van der Waals surface area contributed by atoms with Crippen molar-refractivity contribution in [3.05, 3.63) is 34.2 Å². The van der Waals surface area contributed by atoms with Crippen molar-refractivity contribution in [1.82, 2.24) is 24.9 Å². The summed E-state index contributed by atoms with van der Waals surface area (Å²) in [6.45, 7) is 8.68. The lowest BCUT2D eigenvalue weighted by Crippen LogP contribution is -2.28. The van der Waals surface area contributed by atoms with E-state index in [-0.39, 0.29) is 23.7 Å². The number of ether oxygens (including phenoxy) is 1. The zero-order valence-electron chi connectivity index (χ0n) is 15.9. The first-order chi connectivity index (χ1) is 12.9. The fourth-order valence-corrected chi connectivity index (χ4v) is 2.72. The number of hydrogen-bond donors (Lipinski definition) is 3. The second-order valence-electron chi connectivity index (χ2n) is 6.83. The number of hydrogen-bond acceptors (Lipinski definition) is 6. The van der Waals surface area contributed by atoms with Gasteiger partial charge in [-0.2, -0.15) is 0 Å². The van der Waals surface area contributed by atoms with Gasteiger partial charge in [0, 0.05) is 18.2 Å². The predicted molar refractivity (Wildman–Crippen MR) is 103 cm³/mol. The smallest absolute Gasteiger partial charge is 0.348 e. The van der Waals surface area contributed by atoms with Gasteiger partial charge in [-0.3, -0.25) is 4.79 Å². The van der Waals surface area contributed by atoms with Gasteiger partial charge in [0.25, 0.3) is 5.91 Å². The van der Waals surface area contributed by atoms with E-state index in [0.29, 0.717) is 41.2 Å². The third kappa shape index (κ3) is 4.08. The number of anilines is 1. The molecule has 27 heavy (non-hydrogen) atoms. The number of fused-ring (bicyclic) bond motifs is 3. The molecule has 144 valence electrons. The molecular formula is C18H24N6O3. The molecule has 0 unspecified atom stereocenters. The molecule has 0 aliphatic rings. The summed E-state index contributed by atoms with van der Waals surface area (Å²) in [7, 11) is 0. The van der Waals surface area contributed by atoms with Gasteiger partial charge < -0.3 is 15.4 Å². The number of aromatic amines is 1. The fraction of sp³-hybridized carbons (Fsp3) is 0.444. The first-order valence-corrected chi connectivity index (χ1v) is 8.94. The van der Waals surface area contributed by atoms with Crippen molar-refractivity contribution < 1.29 is 9.53 Å². The maximum absolute atomic E-state index is 12.4. The van der Waals surface area contributed by atoms with E-state index in [9.17, 15) is 9.59 Å². The molecule has 0 aliphatic heterocycles. The third-order valence-electron chi connectivity index (χ3n) is 3.86. The Balaban J connectivity index is 1.95. The van der Waals surface area contributed by atoms with Crippen LogP contribution in [0.15, 0.2) is 23.0 Å². The first-order valence-electron chi connectivity index (χ1n) is 8.94. The lowest BCUT2D eigenvalue weighted by atomic mass is 10.1. The van der Waals surface area contributed by atoms with Crippen LogP contribution in [0, 0.1) is 0 Å². The molecule has 2 aromatic heterocycles. The number of rotatable bonds is 7. The van der Waals surface area contributed by atoms with Gasteiger partial charge >= 0.3 is 5.69 Å². The molecule has 9 nitrogen and oxygen atoms in total. The number of H-pyrrole nitrogens is 1. The number of nitrogens with zero attached hydrogens (tertiary/aromatic N) is 3. The highest BCUT2D eigenvalue weighted by molar-refractivity contribution is 5.98. The minimum Gasteiger partial charge on any atom is -0.377 e. The van der Waals surface area contributed by atoms with Crippen LogP contribution in [-0.4, -0.2) is 50.8 Å². The lowest BCUT2D eigenvalue weighted by molar-refractivity contribution is 0.0746. The molecule has 1 amide bonds. The van der Waals surface area contributed by atoms with E-state index in [2.05, 4.69) is 25.8 Å². The summed E-state index contributed by atoms with van der Waals surface area (Å²) < 4.78 is 6.84. The number of benzene rings is 1. The summed E-state index contributed by atoms with van der Waals surface area (Å²) in [6.07, 6.45) is 0.114. The summed E-state index contributed by atoms with van der Waals surface area (Å²) in [5.41, 5.74) is 1.56. The molecule has 0 fully saturated rings. The van der Waals surface area contributed by atoms with Crippen LogP contribution < -0.4 is 16.3 Å². The SMILES string of the molecule is CC(C)Nc1nc2ccc(C(=O)NCCOC(C)C)cc2n2c(=O)[nH]nc12. The molecule has 0 saturated carbocycles. The minimum atomic E-state index is -0.382. The van der Waals surface area contributed by atoms with Gasteiger partial charge in [0.2, 0.25) is 5.65 Å². The zero-order chi connectivity index (χ0) is 19.6. The van der Waals surface area contributed by atoms with E-state index in [1.807, 2.05) is 27.7 Å². The fourth-order valence-electron chi connectivity index (χ4n) is 2.72. The van der Waals surface area contributed by atoms with Crippen molar-refractivity contribution in [2.75, 3.05) is 18.5 Å². The minimum absolute atomic E-state index is 0.114. The lowest BCUT2D eigenvalue weighted by Gasteiger charge is -2.12. The molecule has 3 rings (SSSR count). The van der Waals surface area contributed by atoms with E-state index in [4.69, 9.17) is 4.74 Å². The number of nitrogens with one attached hydrogen (secondary N) is 3. The quantitative estimate of drug-likeness (QED) is 0.542. The average molecular weight is 372 g/mol. The molecule has 0 spiro atoms. The largest absolute Gasteiger partial charge is 0.377 e. The van der Waals surface area contributed by atoms with Crippen molar-refractivity contribution in [2.45, 2.75) is 39.8 Å². The molecule has 0 bridgehead atoms. The molecular weight excluding hydrogens is 348 g/mol. The van der Waals surface area contributed by atoms with Crippen LogP contribution >= 0.6 is 0 Å². The van der Waals surface area contributed by atoms with Crippen LogP contribution in [0.5, 0.6) is 0 Å². The van der Waals surface area contributed by atoms with Crippen molar-refractivity contribution in [2.24, 2.45) is 0 Å². The maximum atomic E-state index is 12.4. The Morgan fingerprint density at radius 2 is 2.07 bits per heavy atom. The Bertz CT molecular complexity index is 1020. The predicted octanol–water partition coefficient (Wildman–Crippen LogP) is 1.55. The molecule has 3 aromatic rings. The number of amides is 1. The van der Waals surface area contributed by atoms with Crippen molar-refractivity contribution >= 4 is 28.4 Å². The summed E-state index contributed by atoms with van der Waals surface area (Å²) in [6, 6.07) is 5.18. The van der Waals surface area contributed by atoms with Gasteiger partial charge in [-0.05, 0) is 45.9 Å².